The Morgan fingerprint density at radius 3 is 2.25 bits per heavy atom. The summed E-state index contributed by atoms with van der Waals surface area (Å²) in [6, 6.07) is 15.5. The van der Waals surface area contributed by atoms with E-state index in [0.29, 0.717) is 31.0 Å². The fourth-order valence-electron chi connectivity index (χ4n) is 2.56. The predicted octanol–water partition coefficient (Wildman–Crippen LogP) is 3.29. The SMILES string of the molecule is CC(C)CC(=O)NC(C(=O)Nc1ccc(OCCN)cc1)c1ccccc1.Cl. The zero-order valence-corrected chi connectivity index (χ0v) is 17.0. The van der Waals surface area contributed by atoms with E-state index in [-0.39, 0.29) is 30.1 Å². The number of hydrogen-bond acceptors (Lipinski definition) is 4. The Labute approximate surface area is 172 Å². The van der Waals surface area contributed by atoms with Crippen LogP contribution in [0.1, 0.15) is 31.9 Å². The van der Waals surface area contributed by atoms with Crippen LogP contribution in [0.2, 0.25) is 0 Å². The number of ether oxygens (including phenoxy) is 1. The molecule has 2 amide bonds. The number of amides is 2. The molecule has 152 valence electrons. The molecular weight excluding hydrogens is 378 g/mol. The number of carbonyl (C=O) groups is 2. The highest BCUT2D eigenvalue weighted by molar-refractivity contribution is 5.97. The average Bonchev–Trinajstić information content (AvgIpc) is 2.65. The van der Waals surface area contributed by atoms with Crippen molar-refractivity contribution in [2.45, 2.75) is 26.3 Å². The molecule has 0 bridgehead atoms. The van der Waals surface area contributed by atoms with Crippen LogP contribution in [0.5, 0.6) is 5.75 Å². The van der Waals surface area contributed by atoms with Gasteiger partial charge in [0, 0.05) is 18.7 Å². The van der Waals surface area contributed by atoms with Crippen molar-refractivity contribution in [3.05, 3.63) is 60.2 Å². The van der Waals surface area contributed by atoms with Crippen LogP contribution < -0.4 is 21.1 Å². The summed E-state index contributed by atoms with van der Waals surface area (Å²) < 4.78 is 5.43. The van der Waals surface area contributed by atoms with Gasteiger partial charge in [-0.15, -0.1) is 12.4 Å². The molecule has 0 fully saturated rings. The minimum Gasteiger partial charge on any atom is -0.492 e. The normalized spacial score (nSPS) is 11.3. The van der Waals surface area contributed by atoms with Crippen LogP contribution in [-0.2, 0) is 9.59 Å². The standard InChI is InChI=1S/C21H27N3O3.ClH/c1-15(2)14-19(25)24-20(16-6-4-3-5-7-16)21(26)23-17-8-10-18(11-9-17)27-13-12-22;/h3-11,15,20H,12-14,22H2,1-2H3,(H,23,26)(H,24,25);1H. The number of nitrogens with two attached hydrogens (primary N) is 1. The van der Waals surface area contributed by atoms with Gasteiger partial charge in [-0.2, -0.15) is 0 Å². The lowest BCUT2D eigenvalue weighted by molar-refractivity contribution is -0.127. The van der Waals surface area contributed by atoms with Crippen LogP contribution >= 0.6 is 12.4 Å². The zero-order valence-electron chi connectivity index (χ0n) is 16.2. The molecule has 0 aliphatic rings. The predicted molar refractivity (Wildman–Crippen MR) is 114 cm³/mol. The van der Waals surface area contributed by atoms with E-state index in [9.17, 15) is 9.59 Å². The van der Waals surface area contributed by atoms with Gasteiger partial charge < -0.3 is 21.1 Å². The van der Waals surface area contributed by atoms with Gasteiger partial charge in [0.15, 0.2) is 0 Å². The van der Waals surface area contributed by atoms with Crippen LogP contribution in [0.25, 0.3) is 0 Å². The van der Waals surface area contributed by atoms with E-state index in [4.69, 9.17) is 10.5 Å². The number of rotatable bonds is 9. The molecular formula is C21H28ClN3O3. The van der Waals surface area contributed by atoms with Crippen molar-refractivity contribution < 1.29 is 14.3 Å². The topological polar surface area (TPSA) is 93.5 Å². The third kappa shape index (κ3) is 7.58. The Balaban J connectivity index is 0.00000392. The first-order valence-electron chi connectivity index (χ1n) is 9.07. The molecule has 0 spiro atoms. The summed E-state index contributed by atoms with van der Waals surface area (Å²) in [5, 5.41) is 5.68. The van der Waals surface area contributed by atoms with E-state index in [1.807, 2.05) is 44.2 Å². The average molecular weight is 406 g/mol. The molecule has 0 aliphatic heterocycles. The van der Waals surface area contributed by atoms with E-state index in [1.54, 1.807) is 24.3 Å². The first-order chi connectivity index (χ1) is 13.0. The van der Waals surface area contributed by atoms with Crippen LogP contribution in [0, 0.1) is 5.92 Å². The Bertz CT molecular complexity index is 736. The molecule has 0 saturated carbocycles. The maximum Gasteiger partial charge on any atom is 0.251 e. The summed E-state index contributed by atoms with van der Waals surface area (Å²) >= 11 is 0. The third-order valence-corrected chi connectivity index (χ3v) is 3.80. The maximum atomic E-state index is 12.8. The highest BCUT2D eigenvalue weighted by Gasteiger charge is 2.23. The second-order valence-corrected chi connectivity index (χ2v) is 6.66. The Morgan fingerprint density at radius 2 is 1.68 bits per heavy atom. The van der Waals surface area contributed by atoms with Gasteiger partial charge in [0.05, 0.1) is 0 Å². The molecule has 4 N–H and O–H groups in total. The van der Waals surface area contributed by atoms with Crippen LogP contribution in [0.4, 0.5) is 5.69 Å². The van der Waals surface area contributed by atoms with Crippen LogP contribution in [0.15, 0.2) is 54.6 Å². The second-order valence-electron chi connectivity index (χ2n) is 6.66. The Morgan fingerprint density at radius 1 is 1.04 bits per heavy atom. The van der Waals surface area contributed by atoms with Crippen molar-refractivity contribution in [1.29, 1.82) is 0 Å². The minimum absolute atomic E-state index is 0. The molecule has 0 saturated heterocycles. The molecule has 2 aromatic carbocycles. The van der Waals surface area contributed by atoms with Gasteiger partial charge in [-0.05, 0) is 35.7 Å². The van der Waals surface area contributed by atoms with Gasteiger partial charge in [0.1, 0.15) is 18.4 Å². The summed E-state index contributed by atoms with van der Waals surface area (Å²) in [4.78, 5) is 25.0. The molecule has 2 rings (SSSR count). The summed E-state index contributed by atoms with van der Waals surface area (Å²) in [5.41, 5.74) is 6.77. The Hall–Kier alpha value is -2.57. The van der Waals surface area contributed by atoms with Crippen molar-refractivity contribution >= 4 is 29.9 Å². The minimum atomic E-state index is -0.759. The molecule has 6 nitrogen and oxygen atoms in total. The summed E-state index contributed by atoms with van der Waals surface area (Å²) in [5.74, 6) is 0.447. The third-order valence-electron chi connectivity index (χ3n) is 3.80. The molecule has 2 aromatic rings. The fourth-order valence-corrected chi connectivity index (χ4v) is 2.56. The van der Waals surface area contributed by atoms with E-state index >= 15 is 0 Å². The van der Waals surface area contributed by atoms with Crippen molar-refractivity contribution in [3.63, 3.8) is 0 Å². The molecule has 0 heterocycles. The van der Waals surface area contributed by atoms with Crippen LogP contribution in [-0.4, -0.2) is 25.0 Å². The number of anilines is 1. The smallest absolute Gasteiger partial charge is 0.251 e. The van der Waals surface area contributed by atoms with E-state index < -0.39 is 6.04 Å². The van der Waals surface area contributed by atoms with Crippen molar-refractivity contribution in [2.75, 3.05) is 18.5 Å². The first kappa shape index (κ1) is 23.5. The zero-order chi connectivity index (χ0) is 19.6. The largest absolute Gasteiger partial charge is 0.492 e. The van der Waals surface area contributed by atoms with Crippen molar-refractivity contribution in [1.82, 2.24) is 5.32 Å². The highest BCUT2D eigenvalue weighted by Crippen LogP contribution is 2.19. The van der Waals surface area contributed by atoms with Crippen LogP contribution in [0.3, 0.4) is 0 Å². The molecule has 7 heteroatoms. The number of halogens is 1. The number of carbonyl (C=O) groups excluding carboxylic acids is 2. The van der Waals surface area contributed by atoms with E-state index in [1.165, 1.54) is 0 Å². The monoisotopic (exact) mass is 405 g/mol. The number of hydrogen-bond donors (Lipinski definition) is 3. The quantitative estimate of drug-likeness (QED) is 0.596. The molecule has 1 unspecified atom stereocenters. The van der Waals surface area contributed by atoms with Crippen molar-refractivity contribution in [3.8, 4) is 5.75 Å². The van der Waals surface area contributed by atoms with Gasteiger partial charge in [-0.25, -0.2) is 0 Å². The van der Waals surface area contributed by atoms with Gasteiger partial charge in [0.2, 0.25) is 5.91 Å². The fraction of sp³-hybridized carbons (Fsp3) is 0.333. The van der Waals surface area contributed by atoms with E-state index in [0.717, 1.165) is 5.56 Å². The summed E-state index contributed by atoms with van der Waals surface area (Å²) in [6.45, 7) is 4.80. The lowest BCUT2D eigenvalue weighted by atomic mass is 10.0. The number of nitrogens with one attached hydrogen (secondary N) is 2. The molecule has 0 radical (unpaired) electrons. The van der Waals surface area contributed by atoms with Gasteiger partial charge in [-0.1, -0.05) is 44.2 Å². The second kappa shape index (κ2) is 12.0. The van der Waals surface area contributed by atoms with E-state index in [2.05, 4.69) is 10.6 Å². The summed E-state index contributed by atoms with van der Waals surface area (Å²) in [7, 11) is 0. The van der Waals surface area contributed by atoms with Crippen molar-refractivity contribution in [2.24, 2.45) is 11.7 Å². The lowest BCUT2D eigenvalue weighted by Gasteiger charge is -2.19. The number of benzene rings is 2. The lowest BCUT2D eigenvalue weighted by Crippen LogP contribution is -2.37. The maximum absolute atomic E-state index is 12.8. The summed E-state index contributed by atoms with van der Waals surface area (Å²) in [6.07, 6.45) is 0.365. The highest BCUT2D eigenvalue weighted by atomic mass is 35.5. The molecule has 1 atom stereocenters. The van der Waals surface area contributed by atoms with Gasteiger partial charge in [-0.3, -0.25) is 9.59 Å². The molecule has 0 aliphatic carbocycles. The molecule has 28 heavy (non-hydrogen) atoms. The van der Waals surface area contributed by atoms with Gasteiger partial charge >= 0.3 is 0 Å². The Kier molecular flexibility index (Phi) is 10.1. The van der Waals surface area contributed by atoms with Gasteiger partial charge in [0.25, 0.3) is 5.91 Å². The first-order valence-corrected chi connectivity index (χ1v) is 9.07. The molecule has 0 aromatic heterocycles.